The summed E-state index contributed by atoms with van der Waals surface area (Å²) in [7, 11) is 0. The largest absolute Gasteiger partial charge is 0.456 e. The number of thioether (sulfide) groups is 1. The molecule has 1 saturated heterocycles. The van der Waals surface area contributed by atoms with Crippen LogP contribution < -0.4 is 5.32 Å². The predicted octanol–water partition coefficient (Wildman–Crippen LogP) is 5.32. The predicted molar refractivity (Wildman–Crippen MR) is 124 cm³/mol. The molecule has 0 spiro atoms. The molecule has 0 unspecified atom stereocenters. The van der Waals surface area contributed by atoms with Crippen LogP contribution in [0.25, 0.3) is 17.4 Å². The van der Waals surface area contributed by atoms with Crippen molar-refractivity contribution >= 4 is 57.9 Å². The number of nitro benzene ring substituents is 1. The van der Waals surface area contributed by atoms with Crippen molar-refractivity contribution in [2.75, 3.05) is 11.9 Å². The Morgan fingerprint density at radius 3 is 2.71 bits per heavy atom. The summed E-state index contributed by atoms with van der Waals surface area (Å²) < 4.78 is 18.9. The second-order valence-corrected chi connectivity index (χ2v) is 8.32. The summed E-state index contributed by atoms with van der Waals surface area (Å²) in [6, 6.07) is 12.6. The first kappa shape index (κ1) is 23.2. The molecule has 1 aromatic heterocycles. The first-order valence-corrected chi connectivity index (χ1v) is 10.8. The molecule has 3 aromatic rings. The van der Waals surface area contributed by atoms with Crippen LogP contribution in [0.4, 0.5) is 20.6 Å². The Kier molecular flexibility index (Phi) is 6.48. The number of furan rings is 1. The number of benzene rings is 2. The maximum atomic E-state index is 13.3. The molecule has 0 atom stereocenters. The van der Waals surface area contributed by atoms with Crippen LogP contribution in [0, 0.1) is 15.9 Å². The molecule has 1 aliphatic heterocycles. The van der Waals surface area contributed by atoms with Gasteiger partial charge in [-0.1, -0.05) is 23.7 Å². The Bertz CT molecular complexity index is 1370. The zero-order chi connectivity index (χ0) is 24.4. The topological polar surface area (TPSA) is 123 Å². The highest BCUT2D eigenvalue weighted by atomic mass is 35.5. The molecule has 1 aliphatic rings. The average molecular weight is 502 g/mol. The molecule has 9 nitrogen and oxygen atoms in total. The number of carbonyl (C=O) groups excluding carboxylic acids is 3. The molecule has 4 rings (SSSR count). The zero-order valence-corrected chi connectivity index (χ0v) is 18.6. The molecule has 1 N–H and O–H groups in total. The molecule has 0 bridgehead atoms. The van der Waals surface area contributed by atoms with Gasteiger partial charge in [0.05, 0.1) is 20.4 Å². The van der Waals surface area contributed by atoms with E-state index in [1.54, 1.807) is 6.07 Å². The lowest BCUT2D eigenvalue weighted by Gasteiger charge is -2.12. The first-order valence-electron chi connectivity index (χ1n) is 9.57. The van der Waals surface area contributed by atoms with Gasteiger partial charge in [-0.2, -0.15) is 0 Å². The van der Waals surface area contributed by atoms with E-state index in [0.29, 0.717) is 11.8 Å². The lowest BCUT2D eigenvalue weighted by molar-refractivity contribution is -0.384. The van der Waals surface area contributed by atoms with Crippen molar-refractivity contribution in [2.24, 2.45) is 0 Å². The van der Waals surface area contributed by atoms with E-state index in [2.05, 4.69) is 5.32 Å². The summed E-state index contributed by atoms with van der Waals surface area (Å²) in [5.74, 6) is -1.62. The van der Waals surface area contributed by atoms with Gasteiger partial charge in [0, 0.05) is 17.8 Å². The van der Waals surface area contributed by atoms with Gasteiger partial charge >= 0.3 is 0 Å². The Morgan fingerprint density at radius 2 is 1.97 bits per heavy atom. The van der Waals surface area contributed by atoms with Crippen LogP contribution in [0.15, 0.2) is 63.9 Å². The van der Waals surface area contributed by atoms with Gasteiger partial charge in [-0.3, -0.25) is 29.4 Å². The van der Waals surface area contributed by atoms with Crippen LogP contribution in [-0.2, 0) is 9.59 Å². The van der Waals surface area contributed by atoms with Crippen LogP contribution in [0.5, 0.6) is 0 Å². The molecule has 0 aliphatic carbocycles. The van der Waals surface area contributed by atoms with Crippen molar-refractivity contribution in [2.45, 2.75) is 0 Å². The maximum absolute atomic E-state index is 13.3. The summed E-state index contributed by atoms with van der Waals surface area (Å²) >= 11 is 6.30. The van der Waals surface area contributed by atoms with Crippen molar-refractivity contribution in [1.29, 1.82) is 0 Å². The van der Waals surface area contributed by atoms with Gasteiger partial charge in [0.15, 0.2) is 0 Å². The number of carbonyl (C=O) groups is 3. The van der Waals surface area contributed by atoms with E-state index in [1.165, 1.54) is 48.5 Å². The summed E-state index contributed by atoms with van der Waals surface area (Å²) in [5, 5.41) is 12.8. The number of halogens is 2. The second kappa shape index (κ2) is 9.49. The van der Waals surface area contributed by atoms with Gasteiger partial charge in [0.1, 0.15) is 23.9 Å². The summed E-state index contributed by atoms with van der Waals surface area (Å²) in [6.45, 7) is -0.559. The van der Waals surface area contributed by atoms with Crippen LogP contribution in [0.2, 0.25) is 5.02 Å². The molecule has 34 heavy (non-hydrogen) atoms. The third-order valence-electron chi connectivity index (χ3n) is 4.65. The fourth-order valence-corrected chi connectivity index (χ4v) is 4.10. The SMILES string of the molecule is O=C(CN1C(=O)S/C(=C/c2ccc(-c3ccccc3[N+](=O)[O-])o2)C1=O)Nc1ccc(F)c(Cl)c1. The van der Waals surface area contributed by atoms with Gasteiger partial charge in [-0.25, -0.2) is 4.39 Å². The van der Waals surface area contributed by atoms with Crippen molar-refractivity contribution in [1.82, 2.24) is 4.90 Å². The third kappa shape index (κ3) is 4.85. The number of anilines is 1. The Morgan fingerprint density at radius 1 is 1.21 bits per heavy atom. The van der Waals surface area contributed by atoms with Gasteiger partial charge in [0.2, 0.25) is 5.91 Å². The van der Waals surface area contributed by atoms with Crippen LogP contribution >= 0.6 is 23.4 Å². The smallest absolute Gasteiger partial charge is 0.294 e. The van der Waals surface area contributed by atoms with E-state index in [4.69, 9.17) is 16.0 Å². The van der Waals surface area contributed by atoms with E-state index in [0.717, 1.165) is 11.0 Å². The normalized spacial score (nSPS) is 14.6. The highest BCUT2D eigenvalue weighted by molar-refractivity contribution is 8.18. The standard InChI is InChI=1S/C22H13ClFN3O6S/c23-15-9-12(5-7-16(15)24)25-20(28)11-26-21(29)19(34-22(26)30)10-13-6-8-18(33-13)14-3-1-2-4-17(14)27(31)32/h1-10H,11H2,(H,25,28)/b19-10+. The Labute approximate surface area is 200 Å². The second-order valence-electron chi connectivity index (χ2n) is 6.92. The van der Waals surface area contributed by atoms with Crippen molar-refractivity contribution < 1.29 is 28.1 Å². The summed E-state index contributed by atoms with van der Waals surface area (Å²) in [6.07, 6.45) is 1.32. The monoisotopic (exact) mass is 501 g/mol. The molecule has 3 amide bonds. The number of amides is 3. The van der Waals surface area contributed by atoms with Crippen LogP contribution in [0.1, 0.15) is 5.76 Å². The number of hydrogen-bond donors (Lipinski definition) is 1. The number of para-hydroxylation sites is 1. The minimum atomic E-state index is -0.703. The summed E-state index contributed by atoms with van der Waals surface area (Å²) in [5.41, 5.74) is 0.326. The van der Waals surface area contributed by atoms with E-state index in [1.807, 2.05) is 0 Å². The molecule has 0 saturated carbocycles. The van der Waals surface area contributed by atoms with Crippen molar-refractivity contribution in [3.63, 3.8) is 0 Å². The number of imide groups is 1. The number of nitro groups is 1. The molecule has 172 valence electrons. The van der Waals surface area contributed by atoms with Gasteiger partial charge < -0.3 is 9.73 Å². The molecular weight excluding hydrogens is 489 g/mol. The number of nitrogens with zero attached hydrogens (tertiary/aromatic N) is 2. The van der Waals surface area contributed by atoms with E-state index < -0.39 is 34.3 Å². The van der Waals surface area contributed by atoms with Gasteiger partial charge in [-0.05, 0) is 48.2 Å². The quantitative estimate of drug-likeness (QED) is 0.275. The first-order chi connectivity index (χ1) is 16.2. The number of hydrogen-bond acceptors (Lipinski definition) is 7. The number of nitrogens with one attached hydrogen (secondary N) is 1. The van der Waals surface area contributed by atoms with Gasteiger partial charge in [-0.15, -0.1) is 0 Å². The van der Waals surface area contributed by atoms with E-state index >= 15 is 0 Å². The van der Waals surface area contributed by atoms with Crippen molar-refractivity contribution in [3.05, 3.63) is 86.2 Å². The molecule has 2 aromatic carbocycles. The van der Waals surface area contributed by atoms with E-state index in [9.17, 15) is 28.9 Å². The average Bonchev–Trinajstić information content (AvgIpc) is 3.36. The zero-order valence-electron chi connectivity index (χ0n) is 17.0. The van der Waals surface area contributed by atoms with Gasteiger partial charge in [0.25, 0.3) is 16.8 Å². The Balaban J connectivity index is 1.48. The highest BCUT2D eigenvalue weighted by Crippen LogP contribution is 2.35. The lowest BCUT2D eigenvalue weighted by atomic mass is 10.1. The van der Waals surface area contributed by atoms with Crippen LogP contribution in [-0.4, -0.2) is 33.4 Å². The van der Waals surface area contributed by atoms with E-state index in [-0.39, 0.29) is 38.4 Å². The minimum Gasteiger partial charge on any atom is -0.456 e. The molecule has 1 fully saturated rings. The summed E-state index contributed by atoms with van der Waals surface area (Å²) in [4.78, 5) is 48.7. The minimum absolute atomic E-state index is 0.0195. The Hall–Kier alpha value is -3.96. The van der Waals surface area contributed by atoms with Crippen LogP contribution in [0.3, 0.4) is 0 Å². The molecule has 0 radical (unpaired) electrons. The van der Waals surface area contributed by atoms with Crippen molar-refractivity contribution in [3.8, 4) is 11.3 Å². The fourth-order valence-electron chi connectivity index (χ4n) is 3.10. The lowest BCUT2D eigenvalue weighted by Crippen LogP contribution is -2.36. The molecule has 2 heterocycles. The maximum Gasteiger partial charge on any atom is 0.294 e. The molecular formula is C22H13ClFN3O6S. The molecule has 12 heteroatoms. The highest BCUT2D eigenvalue weighted by Gasteiger charge is 2.36. The fraction of sp³-hybridized carbons (Fsp3) is 0.0455. The number of rotatable bonds is 6. The third-order valence-corrected chi connectivity index (χ3v) is 5.84.